The van der Waals surface area contributed by atoms with Gasteiger partial charge in [-0.15, -0.1) is 0 Å². The molecule has 0 N–H and O–H groups in total. The van der Waals surface area contributed by atoms with E-state index in [1.165, 1.54) is 19.3 Å². The molecule has 2 aromatic rings. The van der Waals surface area contributed by atoms with Gasteiger partial charge in [0.05, 0.1) is 5.92 Å². The van der Waals surface area contributed by atoms with Crippen LogP contribution in [0, 0.1) is 29.6 Å². The number of ketones is 1. The van der Waals surface area contributed by atoms with Gasteiger partial charge in [-0.3, -0.25) is 9.59 Å². The molecule has 0 aliphatic heterocycles. The van der Waals surface area contributed by atoms with Crippen LogP contribution in [0.15, 0.2) is 60.7 Å². The van der Waals surface area contributed by atoms with Crippen LogP contribution in [0.2, 0.25) is 0 Å². The van der Waals surface area contributed by atoms with Gasteiger partial charge >= 0.3 is 5.97 Å². The van der Waals surface area contributed by atoms with Crippen molar-refractivity contribution in [2.24, 2.45) is 29.6 Å². The molecular formula is C28H30O3. The van der Waals surface area contributed by atoms with Crippen molar-refractivity contribution < 1.29 is 14.3 Å². The van der Waals surface area contributed by atoms with E-state index < -0.39 is 0 Å². The number of hydrogen-bond donors (Lipinski definition) is 0. The van der Waals surface area contributed by atoms with Crippen molar-refractivity contribution in [1.29, 1.82) is 0 Å². The first-order valence-electron chi connectivity index (χ1n) is 12.0. The van der Waals surface area contributed by atoms with Gasteiger partial charge in [-0.1, -0.05) is 60.7 Å². The molecule has 0 amide bonds. The van der Waals surface area contributed by atoms with E-state index in [-0.39, 0.29) is 35.1 Å². The van der Waals surface area contributed by atoms with E-state index in [1.807, 2.05) is 48.5 Å². The van der Waals surface area contributed by atoms with Gasteiger partial charge in [0.15, 0.2) is 5.78 Å². The second kappa shape index (κ2) is 7.32. The highest BCUT2D eigenvalue weighted by Crippen LogP contribution is 2.60. The fraction of sp³-hybridized carbons (Fsp3) is 0.500. The van der Waals surface area contributed by atoms with Crippen LogP contribution in [0.1, 0.15) is 66.8 Å². The van der Waals surface area contributed by atoms with Crippen LogP contribution in [0.25, 0.3) is 0 Å². The normalized spacial score (nSPS) is 37.4. The summed E-state index contributed by atoms with van der Waals surface area (Å²) in [6.45, 7) is 0. The summed E-state index contributed by atoms with van der Waals surface area (Å²) in [6.07, 6.45) is 7.58. The maximum absolute atomic E-state index is 13.5. The zero-order valence-corrected chi connectivity index (χ0v) is 17.9. The first-order valence-corrected chi connectivity index (χ1v) is 12.0. The monoisotopic (exact) mass is 414 g/mol. The van der Waals surface area contributed by atoms with Gasteiger partial charge in [0.2, 0.25) is 0 Å². The summed E-state index contributed by atoms with van der Waals surface area (Å²) in [6, 6.07) is 19.7. The first-order chi connectivity index (χ1) is 15.1. The Morgan fingerprint density at radius 1 is 0.806 bits per heavy atom. The fourth-order valence-electron chi connectivity index (χ4n) is 7.47. The van der Waals surface area contributed by atoms with Gasteiger partial charge in [-0.2, -0.15) is 0 Å². The van der Waals surface area contributed by atoms with Crippen molar-refractivity contribution >= 4 is 11.8 Å². The Kier molecular flexibility index (Phi) is 4.55. The van der Waals surface area contributed by atoms with Crippen molar-refractivity contribution in [3.8, 4) is 0 Å². The Morgan fingerprint density at radius 3 is 1.94 bits per heavy atom. The summed E-state index contributed by atoms with van der Waals surface area (Å²) in [4.78, 5) is 26.4. The van der Waals surface area contributed by atoms with Crippen LogP contribution >= 0.6 is 0 Å². The van der Waals surface area contributed by atoms with E-state index in [0.29, 0.717) is 6.42 Å². The lowest BCUT2D eigenvalue weighted by Crippen LogP contribution is -2.53. The number of carbonyl (C=O) groups is 2. The quantitative estimate of drug-likeness (QED) is 0.443. The Bertz CT molecular complexity index is 945. The summed E-state index contributed by atoms with van der Waals surface area (Å²) >= 11 is 0. The number of rotatable bonds is 6. The molecule has 31 heavy (non-hydrogen) atoms. The summed E-state index contributed by atoms with van der Waals surface area (Å²) in [5.74, 6) is 2.25. The van der Waals surface area contributed by atoms with Gasteiger partial charge in [0, 0.05) is 17.9 Å². The van der Waals surface area contributed by atoms with Crippen LogP contribution in [0.5, 0.6) is 0 Å². The number of benzene rings is 2. The molecule has 0 heterocycles. The van der Waals surface area contributed by atoms with Crippen molar-refractivity contribution in [1.82, 2.24) is 0 Å². The average molecular weight is 415 g/mol. The minimum Gasteiger partial charge on any atom is -0.459 e. The molecule has 3 unspecified atom stereocenters. The van der Waals surface area contributed by atoms with Crippen LogP contribution in [-0.4, -0.2) is 17.4 Å². The predicted octanol–water partition coefficient (Wildman–Crippen LogP) is 5.80. The molecule has 5 aliphatic rings. The molecule has 0 aromatic heterocycles. The highest BCUT2D eigenvalue weighted by atomic mass is 16.6. The Morgan fingerprint density at radius 2 is 1.35 bits per heavy atom. The minimum absolute atomic E-state index is 0.0384. The highest BCUT2D eigenvalue weighted by Gasteiger charge is 2.60. The number of carbonyl (C=O) groups excluding carboxylic acids is 2. The van der Waals surface area contributed by atoms with Crippen LogP contribution in [-0.2, 0) is 9.53 Å². The van der Waals surface area contributed by atoms with Crippen LogP contribution < -0.4 is 0 Å². The molecule has 3 nitrogen and oxygen atoms in total. The third-order valence-electron chi connectivity index (χ3n) is 8.44. The third kappa shape index (κ3) is 3.52. The average Bonchev–Trinajstić information content (AvgIpc) is 3.47. The third-order valence-corrected chi connectivity index (χ3v) is 8.44. The van der Waals surface area contributed by atoms with Gasteiger partial charge in [-0.05, 0) is 67.8 Å². The van der Waals surface area contributed by atoms with E-state index in [1.54, 1.807) is 0 Å². The largest absolute Gasteiger partial charge is 0.459 e. The number of Topliss-reactive ketones (excluding diaryl/α,β-unsaturated/α-hetero) is 1. The van der Waals surface area contributed by atoms with E-state index in [2.05, 4.69) is 12.1 Å². The lowest BCUT2D eigenvalue weighted by atomic mass is 9.54. The number of esters is 1. The van der Waals surface area contributed by atoms with Crippen molar-refractivity contribution in [3.05, 3.63) is 71.8 Å². The SMILES string of the molecule is O=C(CC1C(C(=O)OC23CC4CC(CC(C4)C2)C3)C1c1ccccc1)c1ccccc1. The Balaban J connectivity index is 1.21. The Labute approximate surface area is 184 Å². The van der Waals surface area contributed by atoms with Crippen LogP contribution in [0.4, 0.5) is 0 Å². The van der Waals surface area contributed by atoms with Gasteiger partial charge < -0.3 is 4.74 Å². The molecule has 5 aliphatic carbocycles. The topological polar surface area (TPSA) is 43.4 Å². The molecule has 5 fully saturated rings. The second-order valence-electron chi connectivity index (χ2n) is 10.6. The van der Waals surface area contributed by atoms with Crippen LogP contribution in [0.3, 0.4) is 0 Å². The maximum atomic E-state index is 13.5. The molecule has 160 valence electrons. The summed E-state index contributed by atoms with van der Waals surface area (Å²) in [5.41, 5.74) is 1.67. The van der Waals surface area contributed by atoms with E-state index in [9.17, 15) is 9.59 Å². The van der Waals surface area contributed by atoms with Crippen molar-refractivity contribution in [2.45, 2.75) is 56.5 Å². The first kappa shape index (κ1) is 19.3. The standard InChI is InChI=1S/C28H30O3/c29-24(21-7-3-1-4-8-21)14-23-25(22-9-5-2-6-10-22)26(23)27(30)31-28-15-18-11-19(16-28)13-20(12-18)17-28/h1-10,18-20,23,25-26H,11-17H2. The molecule has 4 bridgehead atoms. The summed E-state index contributed by atoms with van der Waals surface area (Å²) < 4.78 is 6.39. The predicted molar refractivity (Wildman–Crippen MR) is 119 cm³/mol. The van der Waals surface area contributed by atoms with E-state index in [4.69, 9.17) is 4.74 Å². The van der Waals surface area contributed by atoms with E-state index >= 15 is 0 Å². The number of ether oxygens (including phenoxy) is 1. The molecule has 7 rings (SSSR count). The molecule has 0 radical (unpaired) electrons. The maximum Gasteiger partial charge on any atom is 0.310 e. The second-order valence-corrected chi connectivity index (χ2v) is 10.6. The lowest BCUT2D eigenvalue weighted by molar-refractivity contribution is -0.188. The zero-order valence-electron chi connectivity index (χ0n) is 17.9. The fourth-order valence-corrected chi connectivity index (χ4v) is 7.47. The molecule has 0 spiro atoms. The molecule has 5 saturated carbocycles. The van der Waals surface area contributed by atoms with Gasteiger partial charge in [-0.25, -0.2) is 0 Å². The zero-order chi connectivity index (χ0) is 21.0. The summed E-state index contributed by atoms with van der Waals surface area (Å²) in [7, 11) is 0. The van der Waals surface area contributed by atoms with Crippen molar-refractivity contribution in [2.75, 3.05) is 0 Å². The smallest absolute Gasteiger partial charge is 0.310 e. The molecule has 3 atom stereocenters. The van der Waals surface area contributed by atoms with Gasteiger partial charge in [0.25, 0.3) is 0 Å². The summed E-state index contributed by atoms with van der Waals surface area (Å²) in [5, 5.41) is 0. The molecule has 2 aromatic carbocycles. The molecule has 3 heteroatoms. The number of hydrogen-bond acceptors (Lipinski definition) is 3. The Hall–Kier alpha value is -2.42. The highest BCUT2D eigenvalue weighted by molar-refractivity contribution is 5.97. The van der Waals surface area contributed by atoms with E-state index in [0.717, 1.165) is 48.1 Å². The van der Waals surface area contributed by atoms with Gasteiger partial charge in [0.1, 0.15) is 5.60 Å². The minimum atomic E-state index is -0.219. The van der Waals surface area contributed by atoms with Crippen molar-refractivity contribution in [3.63, 3.8) is 0 Å². The lowest BCUT2D eigenvalue weighted by Gasteiger charge is -2.55. The molecule has 0 saturated heterocycles. The molecular weight excluding hydrogens is 384 g/mol.